The van der Waals surface area contributed by atoms with E-state index in [2.05, 4.69) is 16.0 Å². The highest BCUT2D eigenvalue weighted by atomic mass is 32.2. The third-order valence-corrected chi connectivity index (χ3v) is 9.73. The van der Waals surface area contributed by atoms with Gasteiger partial charge in [-0.25, -0.2) is 9.59 Å². The smallest absolute Gasteiger partial charge is 0.410 e. The number of anilines is 3. The van der Waals surface area contributed by atoms with Crippen molar-refractivity contribution in [2.45, 2.75) is 56.4 Å². The van der Waals surface area contributed by atoms with Gasteiger partial charge >= 0.3 is 12.1 Å². The van der Waals surface area contributed by atoms with Crippen molar-refractivity contribution >= 4 is 74.8 Å². The molecule has 0 saturated heterocycles. The van der Waals surface area contributed by atoms with Crippen molar-refractivity contribution in [2.24, 2.45) is 0 Å². The normalized spacial score (nSPS) is 13.1. The number of carbonyl (C=O) groups is 3. The van der Waals surface area contributed by atoms with Crippen molar-refractivity contribution in [2.75, 3.05) is 29.1 Å². The highest BCUT2D eigenvalue weighted by molar-refractivity contribution is 8.00. The Balaban J connectivity index is 1.38. The van der Waals surface area contributed by atoms with Gasteiger partial charge in [0.1, 0.15) is 15.9 Å². The van der Waals surface area contributed by atoms with Gasteiger partial charge in [0.25, 0.3) is 0 Å². The van der Waals surface area contributed by atoms with Crippen molar-refractivity contribution in [3.05, 3.63) is 106 Å². The molecule has 250 valence electrons. The first-order valence-corrected chi connectivity index (χ1v) is 17.7. The molecule has 1 aliphatic rings. The van der Waals surface area contributed by atoms with E-state index in [0.29, 0.717) is 28.6 Å². The molecule has 2 heterocycles. The summed E-state index contributed by atoms with van der Waals surface area (Å²) in [7, 11) is 0. The Hall–Kier alpha value is -4.39. The molecule has 2 amide bonds. The van der Waals surface area contributed by atoms with Crippen molar-refractivity contribution in [1.82, 2.24) is 4.90 Å². The Bertz CT molecular complexity index is 1770. The molecule has 3 aromatic carbocycles. The number of thioether (sulfide) groups is 1. The number of fused-ring (bicyclic) bond motifs is 1. The van der Waals surface area contributed by atoms with E-state index in [1.165, 1.54) is 23.1 Å². The van der Waals surface area contributed by atoms with Gasteiger partial charge < -0.3 is 30.3 Å². The van der Waals surface area contributed by atoms with Gasteiger partial charge in [-0.3, -0.25) is 4.79 Å². The number of thiocarbonyl (C=S) groups is 1. The van der Waals surface area contributed by atoms with Gasteiger partial charge in [0.2, 0.25) is 5.91 Å². The summed E-state index contributed by atoms with van der Waals surface area (Å²) in [6.45, 7) is 8.06. The van der Waals surface area contributed by atoms with Crippen molar-refractivity contribution in [3.63, 3.8) is 0 Å². The number of amides is 2. The molecule has 1 unspecified atom stereocenters. The van der Waals surface area contributed by atoms with Gasteiger partial charge in [-0.15, -0.1) is 23.1 Å². The monoisotopic (exact) mass is 702 g/mol. The average Bonchev–Trinajstić information content (AvgIpc) is 3.41. The number of hydrogen-bond acceptors (Lipinski definition) is 8. The lowest BCUT2D eigenvalue weighted by Gasteiger charge is -2.30. The van der Waals surface area contributed by atoms with Gasteiger partial charge in [-0.05, 0) is 87.8 Å². The summed E-state index contributed by atoms with van der Waals surface area (Å²) in [5.74, 6) is -0.794. The number of rotatable bonds is 9. The third kappa shape index (κ3) is 9.15. The molecular formula is C36H38N4O5S3. The quantitative estimate of drug-likeness (QED) is 0.0899. The number of nitrogens with zero attached hydrogens (tertiary/aromatic N) is 1. The van der Waals surface area contributed by atoms with E-state index in [1.54, 1.807) is 11.8 Å². The zero-order valence-electron chi connectivity index (χ0n) is 27.2. The van der Waals surface area contributed by atoms with E-state index in [4.69, 9.17) is 21.7 Å². The van der Waals surface area contributed by atoms with E-state index in [9.17, 15) is 14.4 Å². The lowest BCUT2D eigenvalue weighted by atomic mass is 10.0. The van der Waals surface area contributed by atoms with Crippen LogP contribution in [0.5, 0.6) is 0 Å². The van der Waals surface area contributed by atoms with Crippen LogP contribution in [0.15, 0.2) is 89.8 Å². The lowest BCUT2D eigenvalue weighted by molar-refractivity contribution is -0.115. The van der Waals surface area contributed by atoms with Crippen LogP contribution in [0.4, 0.5) is 21.2 Å². The molecule has 5 rings (SSSR count). The zero-order chi connectivity index (χ0) is 34.3. The molecule has 1 aromatic heterocycles. The Morgan fingerprint density at radius 3 is 2.29 bits per heavy atom. The Morgan fingerprint density at radius 1 is 0.938 bits per heavy atom. The third-order valence-electron chi connectivity index (χ3n) is 7.14. The Kier molecular flexibility index (Phi) is 11.4. The summed E-state index contributed by atoms with van der Waals surface area (Å²) in [6.07, 6.45) is 0.0194. The molecular weight excluding hydrogens is 665 g/mol. The molecule has 0 aliphatic carbocycles. The highest BCUT2D eigenvalue weighted by Crippen LogP contribution is 2.41. The minimum atomic E-state index is -0.650. The van der Waals surface area contributed by atoms with Crippen molar-refractivity contribution in [1.29, 1.82) is 0 Å². The summed E-state index contributed by atoms with van der Waals surface area (Å²) in [6, 6.07) is 26.8. The van der Waals surface area contributed by atoms with Gasteiger partial charge in [-0.1, -0.05) is 54.6 Å². The van der Waals surface area contributed by atoms with Crippen molar-refractivity contribution < 1.29 is 23.9 Å². The van der Waals surface area contributed by atoms with Crippen LogP contribution in [0.25, 0.3) is 0 Å². The molecule has 9 nitrogen and oxygen atoms in total. The van der Waals surface area contributed by atoms with E-state index in [-0.39, 0.29) is 19.1 Å². The maximum atomic E-state index is 14.1. The predicted molar refractivity (Wildman–Crippen MR) is 197 cm³/mol. The van der Waals surface area contributed by atoms with E-state index >= 15 is 0 Å². The van der Waals surface area contributed by atoms with E-state index in [1.807, 2.05) is 106 Å². The topological polar surface area (TPSA) is 109 Å². The SMILES string of the molecule is CCOC(=O)c1c(NC(=O)C(Sc2cccc(NC(=S)Nc3ccccc3)c2)c2ccccc2)sc2c1CCN(C(=O)OC(C)(C)C)C2. The molecule has 0 radical (unpaired) electrons. The maximum absolute atomic E-state index is 14.1. The zero-order valence-corrected chi connectivity index (χ0v) is 29.7. The van der Waals surface area contributed by atoms with Gasteiger partial charge in [0.15, 0.2) is 5.11 Å². The van der Waals surface area contributed by atoms with Crippen LogP contribution in [0, 0.1) is 0 Å². The molecule has 0 saturated carbocycles. The number of benzene rings is 3. The first-order chi connectivity index (χ1) is 23.0. The number of hydrogen-bond donors (Lipinski definition) is 3. The van der Waals surface area contributed by atoms with Gasteiger partial charge in [0, 0.05) is 27.7 Å². The lowest BCUT2D eigenvalue weighted by Crippen LogP contribution is -2.39. The van der Waals surface area contributed by atoms with Gasteiger partial charge in [0.05, 0.1) is 18.7 Å². The summed E-state index contributed by atoms with van der Waals surface area (Å²) in [5, 5.41) is 9.64. The fraction of sp³-hybridized carbons (Fsp3) is 0.278. The highest BCUT2D eigenvalue weighted by Gasteiger charge is 2.34. The molecule has 3 N–H and O–H groups in total. The first-order valence-electron chi connectivity index (χ1n) is 15.6. The molecule has 0 fully saturated rings. The number of nitrogens with one attached hydrogen (secondary N) is 3. The maximum Gasteiger partial charge on any atom is 0.410 e. The summed E-state index contributed by atoms with van der Waals surface area (Å²) in [4.78, 5) is 43.5. The molecule has 48 heavy (non-hydrogen) atoms. The van der Waals surface area contributed by atoms with Crippen LogP contribution in [-0.4, -0.2) is 46.7 Å². The Morgan fingerprint density at radius 2 is 1.60 bits per heavy atom. The van der Waals surface area contributed by atoms with E-state index < -0.39 is 22.9 Å². The van der Waals surface area contributed by atoms with Crippen LogP contribution in [0.2, 0.25) is 0 Å². The first kappa shape index (κ1) is 34.9. The van der Waals surface area contributed by atoms with Crippen LogP contribution in [-0.2, 0) is 27.2 Å². The second kappa shape index (κ2) is 15.7. The summed E-state index contributed by atoms with van der Waals surface area (Å²) in [5.41, 5.74) is 2.94. The van der Waals surface area contributed by atoms with Crippen LogP contribution < -0.4 is 16.0 Å². The number of carbonyl (C=O) groups excluding carboxylic acids is 3. The van der Waals surface area contributed by atoms with E-state index in [0.717, 1.165) is 32.3 Å². The number of esters is 1. The fourth-order valence-corrected chi connectivity index (χ4v) is 7.64. The second-order valence-corrected chi connectivity index (χ2v) is 14.6. The summed E-state index contributed by atoms with van der Waals surface area (Å²) < 4.78 is 11.0. The molecule has 1 aliphatic heterocycles. The average molecular weight is 703 g/mol. The molecule has 0 spiro atoms. The number of ether oxygens (including phenoxy) is 2. The molecule has 1 atom stereocenters. The van der Waals surface area contributed by atoms with Crippen LogP contribution >= 0.6 is 35.3 Å². The molecule has 0 bridgehead atoms. The van der Waals surface area contributed by atoms with Crippen molar-refractivity contribution in [3.8, 4) is 0 Å². The number of para-hydroxylation sites is 1. The van der Waals surface area contributed by atoms with Crippen LogP contribution in [0.3, 0.4) is 0 Å². The number of thiophene rings is 1. The minimum absolute atomic E-state index is 0.193. The largest absolute Gasteiger partial charge is 0.462 e. The predicted octanol–water partition coefficient (Wildman–Crippen LogP) is 8.50. The van der Waals surface area contributed by atoms with Crippen LogP contribution in [0.1, 0.15) is 59.3 Å². The standard InChI is InChI=1S/C36H38N4O5S3/c1-5-44-33(42)29-27-19-20-40(35(43)45-36(2,3)4)22-28(27)48-32(29)39-31(41)30(23-13-8-6-9-14-23)47-26-18-12-17-25(21-26)38-34(46)37-24-15-10-7-11-16-24/h6-18,21,30H,5,19-20,22H2,1-4H3,(H,39,41)(H2,37,38,46). The fourth-order valence-electron chi connectivity index (χ4n) is 5.07. The second-order valence-electron chi connectivity index (χ2n) is 12.0. The molecule has 12 heteroatoms. The molecule has 4 aromatic rings. The Labute approximate surface area is 294 Å². The van der Waals surface area contributed by atoms with Gasteiger partial charge in [-0.2, -0.15) is 0 Å². The summed E-state index contributed by atoms with van der Waals surface area (Å²) >= 11 is 8.19. The minimum Gasteiger partial charge on any atom is -0.462 e.